The van der Waals surface area contributed by atoms with E-state index in [0.29, 0.717) is 13.1 Å². The summed E-state index contributed by atoms with van der Waals surface area (Å²) in [5.41, 5.74) is 1.15. The minimum absolute atomic E-state index is 0.169. The van der Waals surface area contributed by atoms with Crippen LogP contribution in [-0.2, 0) is 19.1 Å². The molecule has 0 N–H and O–H groups in total. The minimum Gasteiger partial charge on any atom is -0.451 e. The Hall–Kier alpha value is -2.34. The third-order valence-electron chi connectivity index (χ3n) is 4.15. The molecule has 2 rings (SSSR count). The van der Waals surface area contributed by atoms with Crippen molar-refractivity contribution in [2.45, 2.75) is 26.1 Å². The Kier molecular flexibility index (Phi) is 7.01. The van der Waals surface area contributed by atoms with E-state index >= 15 is 0 Å². The van der Waals surface area contributed by atoms with Crippen LogP contribution < -0.4 is 4.90 Å². The van der Waals surface area contributed by atoms with Crippen LogP contribution in [0.1, 0.15) is 13.8 Å². The van der Waals surface area contributed by atoms with Crippen molar-refractivity contribution >= 4 is 17.6 Å². The third kappa shape index (κ3) is 5.32. The lowest BCUT2D eigenvalue weighted by Crippen LogP contribution is -2.52. The van der Waals surface area contributed by atoms with Gasteiger partial charge in [-0.05, 0) is 26.0 Å². The summed E-state index contributed by atoms with van der Waals surface area (Å²) >= 11 is 0. The second-order valence-electron chi connectivity index (χ2n) is 5.99. The van der Waals surface area contributed by atoms with Crippen LogP contribution in [0.5, 0.6) is 0 Å². The average Bonchev–Trinajstić information content (AvgIpc) is 2.66. The molecule has 6 heteroatoms. The Bertz CT molecular complexity index is 582. The maximum absolute atomic E-state index is 12.5. The molecule has 1 aromatic rings. The number of ether oxygens (including phenoxy) is 2. The van der Waals surface area contributed by atoms with Gasteiger partial charge in [0.05, 0.1) is 6.61 Å². The molecular formula is C19H26N2O4. The van der Waals surface area contributed by atoms with E-state index in [0.717, 1.165) is 18.8 Å². The number of amides is 1. The zero-order valence-corrected chi connectivity index (χ0v) is 14.9. The van der Waals surface area contributed by atoms with Gasteiger partial charge in [0.1, 0.15) is 0 Å². The Morgan fingerprint density at radius 2 is 1.76 bits per heavy atom. The van der Waals surface area contributed by atoms with Gasteiger partial charge in [-0.2, -0.15) is 0 Å². The van der Waals surface area contributed by atoms with Crippen LogP contribution in [-0.4, -0.2) is 61.8 Å². The summed E-state index contributed by atoms with van der Waals surface area (Å²) in [5, 5.41) is 0. The van der Waals surface area contributed by atoms with Crippen molar-refractivity contribution in [3.05, 3.63) is 43.0 Å². The molecule has 6 nitrogen and oxygen atoms in total. The molecule has 0 saturated carbocycles. The van der Waals surface area contributed by atoms with Crippen LogP contribution in [0, 0.1) is 0 Å². The van der Waals surface area contributed by atoms with E-state index in [4.69, 9.17) is 9.47 Å². The first-order valence-electron chi connectivity index (χ1n) is 8.54. The first-order chi connectivity index (χ1) is 12.0. The van der Waals surface area contributed by atoms with Gasteiger partial charge in [0, 0.05) is 31.9 Å². The highest BCUT2D eigenvalue weighted by atomic mass is 16.6. The maximum atomic E-state index is 12.5. The number of anilines is 1. The summed E-state index contributed by atoms with van der Waals surface area (Å²) in [6.07, 6.45) is 0.0265. The number of hydrogen-bond donors (Lipinski definition) is 0. The molecule has 0 bridgehead atoms. The van der Waals surface area contributed by atoms with E-state index in [2.05, 4.69) is 23.6 Å². The Morgan fingerprint density at radius 1 is 1.12 bits per heavy atom. The lowest BCUT2D eigenvalue weighted by Gasteiger charge is -2.37. The molecule has 0 radical (unpaired) electrons. The zero-order valence-electron chi connectivity index (χ0n) is 14.9. The van der Waals surface area contributed by atoms with Crippen LogP contribution in [0.15, 0.2) is 43.0 Å². The number of benzene rings is 1. The topological polar surface area (TPSA) is 59.1 Å². The van der Waals surface area contributed by atoms with Crippen molar-refractivity contribution in [1.82, 2.24) is 4.90 Å². The lowest BCUT2D eigenvalue weighted by atomic mass is 10.2. The molecule has 0 spiro atoms. The average molecular weight is 346 g/mol. The quantitative estimate of drug-likeness (QED) is 0.557. The minimum atomic E-state index is -0.814. The van der Waals surface area contributed by atoms with Crippen LogP contribution in [0.25, 0.3) is 0 Å². The van der Waals surface area contributed by atoms with Crippen molar-refractivity contribution in [2.24, 2.45) is 0 Å². The molecule has 0 aliphatic carbocycles. The van der Waals surface area contributed by atoms with E-state index in [1.54, 1.807) is 24.8 Å². The van der Waals surface area contributed by atoms with Gasteiger partial charge in [0.25, 0.3) is 5.91 Å². The highest BCUT2D eigenvalue weighted by Crippen LogP contribution is 2.16. The molecule has 1 saturated heterocycles. The fourth-order valence-electron chi connectivity index (χ4n) is 2.68. The Balaban J connectivity index is 1.81. The van der Waals surface area contributed by atoms with Gasteiger partial charge >= 0.3 is 5.97 Å². The second kappa shape index (κ2) is 9.22. The number of hydrogen-bond acceptors (Lipinski definition) is 5. The number of nitrogens with zero attached hydrogens (tertiary/aromatic N) is 2. The summed E-state index contributed by atoms with van der Waals surface area (Å²) < 4.78 is 10.5. The lowest BCUT2D eigenvalue weighted by molar-refractivity contribution is -0.167. The largest absolute Gasteiger partial charge is 0.451 e. The van der Waals surface area contributed by atoms with E-state index < -0.39 is 18.2 Å². The molecule has 1 heterocycles. The summed E-state index contributed by atoms with van der Waals surface area (Å²) in [7, 11) is 0. The molecule has 0 aromatic heterocycles. The van der Waals surface area contributed by atoms with Crippen molar-refractivity contribution in [3.8, 4) is 0 Å². The number of piperazine rings is 1. The van der Waals surface area contributed by atoms with Crippen molar-refractivity contribution in [1.29, 1.82) is 0 Å². The van der Waals surface area contributed by atoms with Gasteiger partial charge in [-0.3, -0.25) is 4.79 Å². The fraction of sp³-hybridized carbons (Fsp3) is 0.474. The van der Waals surface area contributed by atoms with Gasteiger partial charge in [-0.1, -0.05) is 24.3 Å². The van der Waals surface area contributed by atoms with Crippen LogP contribution in [0.3, 0.4) is 0 Å². The molecule has 2 atom stereocenters. The van der Waals surface area contributed by atoms with Crippen LogP contribution in [0.4, 0.5) is 5.69 Å². The first kappa shape index (κ1) is 19.0. The number of rotatable bonds is 7. The number of para-hydroxylation sites is 1. The molecule has 25 heavy (non-hydrogen) atoms. The smallest absolute Gasteiger partial charge is 0.335 e. The number of carbonyl (C=O) groups excluding carboxylic acids is 2. The summed E-state index contributed by atoms with van der Waals surface area (Å²) in [6, 6.07) is 10.1. The monoisotopic (exact) mass is 346 g/mol. The van der Waals surface area contributed by atoms with Gasteiger partial charge < -0.3 is 19.3 Å². The van der Waals surface area contributed by atoms with E-state index in [1.807, 2.05) is 18.2 Å². The van der Waals surface area contributed by atoms with Crippen molar-refractivity contribution < 1.29 is 19.1 Å². The van der Waals surface area contributed by atoms with Gasteiger partial charge in [-0.15, -0.1) is 6.58 Å². The normalized spacial score (nSPS) is 16.9. The summed E-state index contributed by atoms with van der Waals surface area (Å²) in [4.78, 5) is 28.4. The SMILES string of the molecule is C=CCOC(C)C(=O)OC(C)C(=O)N1CCN(c2ccccc2)CC1. The van der Waals surface area contributed by atoms with Gasteiger partial charge in [-0.25, -0.2) is 4.79 Å². The zero-order chi connectivity index (χ0) is 18.2. The molecule has 1 fully saturated rings. The molecule has 136 valence electrons. The van der Waals surface area contributed by atoms with Gasteiger partial charge in [0.15, 0.2) is 12.2 Å². The second-order valence-corrected chi connectivity index (χ2v) is 5.99. The fourth-order valence-corrected chi connectivity index (χ4v) is 2.68. The van der Waals surface area contributed by atoms with E-state index in [9.17, 15) is 9.59 Å². The number of carbonyl (C=O) groups is 2. The highest BCUT2D eigenvalue weighted by Gasteiger charge is 2.28. The highest BCUT2D eigenvalue weighted by molar-refractivity contribution is 5.84. The van der Waals surface area contributed by atoms with Gasteiger partial charge in [0.2, 0.25) is 0 Å². The molecular weight excluding hydrogens is 320 g/mol. The third-order valence-corrected chi connectivity index (χ3v) is 4.15. The maximum Gasteiger partial charge on any atom is 0.335 e. The standard InChI is InChI=1S/C19H26N2O4/c1-4-14-24-16(3)19(23)25-15(2)18(22)21-12-10-20(11-13-21)17-8-6-5-7-9-17/h4-9,15-16H,1,10-14H2,2-3H3. The van der Waals surface area contributed by atoms with Crippen molar-refractivity contribution in [3.63, 3.8) is 0 Å². The first-order valence-corrected chi connectivity index (χ1v) is 8.54. The van der Waals surface area contributed by atoms with E-state index in [-0.39, 0.29) is 12.5 Å². The van der Waals surface area contributed by atoms with Crippen LogP contribution >= 0.6 is 0 Å². The number of esters is 1. The molecule has 1 aliphatic heterocycles. The molecule has 2 unspecified atom stereocenters. The summed E-state index contributed by atoms with van der Waals surface area (Å²) in [5.74, 6) is -0.706. The van der Waals surface area contributed by atoms with E-state index in [1.165, 1.54) is 0 Å². The molecule has 1 aliphatic rings. The molecule has 1 aromatic carbocycles. The predicted molar refractivity (Wildman–Crippen MR) is 96.4 cm³/mol. The summed E-state index contributed by atoms with van der Waals surface area (Å²) in [6.45, 7) is 9.73. The molecule has 1 amide bonds. The Labute approximate surface area is 149 Å². The predicted octanol–water partition coefficient (Wildman–Crippen LogP) is 1.86. The van der Waals surface area contributed by atoms with Crippen LogP contribution in [0.2, 0.25) is 0 Å². The Morgan fingerprint density at radius 3 is 2.36 bits per heavy atom. The van der Waals surface area contributed by atoms with Crippen molar-refractivity contribution in [2.75, 3.05) is 37.7 Å².